The smallest absolute Gasteiger partial charge is 0.360 e. The molecule has 0 aliphatic heterocycles. The summed E-state index contributed by atoms with van der Waals surface area (Å²) < 4.78 is 5.87. The lowest BCUT2D eigenvalue weighted by Crippen LogP contribution is -2.23. The van der Waals surface area contributed by atoms with Gasteiger partial charge < -0.3 is 14.9 Å². The predicted octanol–water partition coefficient (Wildman–Crippen LogP) is 0.645. The van der Waals surface area contributed by atoms with Crippen LogP contribution >= 0.6 is 0 Å². The van der Waals surface area contributed by atoms with Crippen LogP contribution in [0.4, 0.5) is 0 Å². The average molecular weight is 262 g/mol. The third-order valence-electron chi connectivity index (χ3n) is 2.43. The van der Waals surface area contributed by atoms with Gasteiger partial charge in [-0.25, -0.2) is 4.79 Å². The van der Waals surface area contributed by atoms with Crippen LogP contribution in [0.15, 0.2) is 35.1 Å². The van der Waals surface area contributed by atoms with E-state index in [-0.39, 0.29) is 0 Å². The van der Waals surface area contributed by atoms with Crippen molar-refractivity contribution in [3.8, 4) is 17.2 Å². The van der Waals surface area contributed by atoms with Crippen LogP contribution in [0.25, 0.3) is 5.69 Å². The van der Waals surface area contributed by atoms with Gasteiger partial charge in [-0.1, -0.05) is 0 Å². The molecule has 2 aromatic rings. The van der Waals surface area contributed by atoms with Crippen LogP contribution < -0.4 is 10.3 Å². The number of carboxylic acids is 1. The third-order valence-corrected chi connectivity index (χ3v) is 2.43. The van der Waals surface area contributed by atoms with Gasteiger partial charge in [0.2, 0.25) is 5.69 Å². The fraction of sp³-hybridized carbons (Fsp3) is 0.0833. The topological polar surface area (TPSA) is 102 Å². The highest BCUT2D eigenvalue weighted by molar-refractivity contribution is 5.88. The minimum Gasteiger partial charge on any atom is -0.505 e. The Morgan fingerprint density at radius 3 is 2.47 bits per heavy atom. The Hall–Kier alpha value is -2.83. The minimum absolute atomic E-state index is 0.369. The lowest BCUT2D eigenvalue weighted by Gasteiger charge is -2.07. The molecule has 0 saturated heterocycles. The van der Waals surface area contributed by atoms with Crippen LogP contribution in [-0.2, 0) is 0 Å². The number of aromatic nitrogens is 2. The number of nitrogens with zero attached hydrogens (tertiary/aromatic N) is 2. The van der Waals surface area contributed by atoms with E-state index >= 15 is 0 Å². The van der Waals surface area contributed by atoms with Crippen LogP contribution in [0.3, 0.4) is 0 Å². The van der Waals surface area contributed by atoms with Crippen molar-refractivity contribution in [2.45, 2.75) is 0 Å². The maximum atomic E-state index is 11.7. The van der Waals surface area contributed by atoms with Gasteiger partial charge in [0, 0.05) is 6.07 Å². The van der Waals surface area contributed by atoms with E-state index in [9.17, 15) is 14.7 Å². The van der Waals surface area contributed by atoms with Gasteiger partial charge in [-0.2, -0.15) is 9.78 Å². The summed E-state index contributed by atoms with van der Waals surface area (Å²) in [5.41, 5.74) is -0.851. The lowest BCUT2D eigenvalue weighted by atomic mass is 10.3. The van der Waals surface area contributed by atoms with Crippen molar-refractivity contribution < 1.29 is 19.7 Å². The molecule has 1 aromatic heterocycles. The molecule has 2 rings (SSSR count). The van der Waals surface area contributed by atoms with Crippen molar-refractivity contribution in [3.63, 3.8) is 0 Å². The molecule has 0 aliphatic rings. The second-order valence-corrected chi connectivity index (χ2v) is 3.63. The Morgan fingerprint density at radius 1 is 1.32 bits per heavy atom. The summed E-state index contributed by atoms with van der Waals surface area (Å²) in [4.78, 5) is 22.5. The summed E-state index contributed by atoms with van der Waals surface area (Å²) in [7, 11) is 1.50. The van der Waals surface area contributed by atoms with Crippen molar-refractivity contribution in [2.75, 3.05) is 7.11 Å². The first-order valence-corrected chi connectivity index (χ1v) is 5.24. The van der Waals surface area contributed by atoms with Gasteiger partial charge in [-0.05, 0) is 24.3 Å². The van der Waals surface area contributed by atoms with E-state index in [4.69, 9.17) is 9.84 Å². The fourth-order valence-corrected chi connectivity index (χ4v) is 1.51. The lowest BCUT2D eigenvalue weighted by molar-refractivity contribution is 0.0684. The quantitative estimate of drug-likeness (QED) is 0.841. The number of carboxylic acid groups (broad SMARTS) is 1. The van der Waals surface area contributed by atoms with E-state index in [1.54, 1.807) is 24.3 Å². The minimum atomic E-state index is -1.42. The van der Waals surface area contributed by atoms with Gasteiger partial charge in [0.1, 0.15) is 5.75 Å². The summed E-state index contributed by atoms with van der Waals surface area (Å²) in [5.74, 6) is -1.49. The zero-order chi connectivity index (χ0) is 14.0. The second kappa shape index (κ2) is 4.81. The maximum absolute atomic E-state index is 11.7. The maximum Gasteiger partial charge on any atom is 0.360 e. The van der Waals surface area contributed by atoms with Crippen LogP contribution in [-0.4, -0.2) is 33.1 Å². The molecule has 0 fully saturated rings. The third kappa shape index (κ3) is 2.39. The van der Waals surface area contributed by atoms with Gasteiger partial charge in [-0.15, -0.1) is 0 Å². The van der Waals surface area contributed by atoms with E-state index in [1.165, 1.54) is 7.11 Å². The van der Waals surface area contributed by atoms with Crippen LogP contribution in [0.1, 0.15) is 10.5 Å². The number of aromatic hydroxyl groups is 1. The Kier molecular flexibility index (Phi) is 3.19. The van der Waals surface area contributed by atoms with Crippen LogP contribution in [0.5, 0.6) is 11.5 Å². The molecule has 0 aliphatic carbocycles. The molecule has 0 unspecified atom stereocenters. The van der Waals surface area contributed by atoms with E-state index in [0.717, 1.165) is 10.7 Å². The van der Waals surface area contributed by atoms with Gasteiger partial charge in [0.15, 0.2) is 5.75 Å². The number of methoxy groups -OCH3 is 1. The monoisotopic (exact) mass is 262 g/mol. The van der Waals surface area contributed by atoms with Crippen LogP contribution in [0, 0.1) is 0 Å². The number of hydrogen-bond donors (Lipinski definition) is 2. The summed E-state index contributed by atoms with van der Waals surface area (Å²) in [5, 5.41) is 21.8. The zero-order valence-electron chi connectivity index (χ0n) is 9.90. The molecule has 7 heteroatoms. The number of carbonyl (C=O) groups is 1. The molecule has 0 bridgehead atoms. The highest BCUT2D eigenvalue weighted by Crippen LogP contribution is 2.15. The number of benzene rings is 1. The molecule has 19 heavy (non-hydrogen) atoms. The van der Waals surface area contributed by atoms with E-state index in [2.05, 4.69) is 5.10 Å². The molecule has 0 spiro atoms. The number of hydrogen-bond acceptors (Lipinski definition) is 5. The van der Waals surface area contributed by atoms with Crippen molar-refractivity contribution in [2.24, 2.45) is 0 Å². The molecule has 0 saturated carbocycles. The average Bonchev–Trinajstić information content (AvgIpc) is 2.38. The largest absolute Gasteiger partial charge is 0.505 e. The first-order valence-electron chi connectivity index (χ1n) is 5.24. The van der Waals surface area contributed by atoms with Gasteiger partial charge in [-0.3, -0.25) is 4.79 Å². The summed E-state index contributed by atoms with van der Waals surface area (Å²) in [6, 6.07) is 7.13. The molecular formula is C12H10N2O5. The Balaban J connectivity index is 2.57. The van der Waals surface area contributed by atoms with Gasteiger partial charge >= 0.3 is 5.97 Å². The Labute approximate surface area is 107 Å². The van der Waals surface area contributed by atoms with Crippen molar-refractivity contribution in [3.05, 3.63) is 46.4 Å². The number of ether oxygens (including phenoxy) is 1. The van der Waals surface area contributed by atoms with Crippen molar-refractivity contribution in [1.82, 2.24) is 9.78 Å². The molecular weight excluding hydrogens is 252 g/mol. The molecule has 7 nitrogen and oxygen atoms in total. The summed E-state index contributed by atoms with van der Waals surface area (Å²) >= 11 is 0. The molecule has 0 atom stereocenters. The number of rotatable bonds is 3. The first kappa shape index (κ1) is 12.6. The molecule has 2 N–H and O–H groups in total. The molecule has 1 heterocycles. The SMILES string of the molecule is COc1ccc(-n2nc(C(=O)O)c(O)cc2=O)cc1. The zero-order valence-corrected chi connectivity index (χ0v) is 9.90. The predicted molar refractivity (Wildman–Crippen MR) is 65.0 cm³/mol. The highest BCUT2D eigenvalue weighted by atomic mass is 16.5. The van der Waals surface area contributed by atoms with E-state index in [1.807, 2.05) is 0 Å². The number of aromatic carboxylic acids is 1. The molecule has 1 aromatic carbocycles. The van der Waals surface area contributed by atoms with Crippen LogP contribution in [0.2, 0.25) is 0 Å². The molecule has 98 valence electrons. The highest BCUT2D eigenvalue weighted by Gasteiger charge is 2.15. The Morgan fingerprint density at radius 2 is 1.95 bits per heavy atom. The summed E-state index contributed by atoms with van der Waals surface area (Å²) in [6.45, 7) is 0. The van der Waals surface area contributed by atoms with E-state index < -0.39 is 23.0 Å². The normalized spacial score (nSPS) is 10.2. The molecule has 0 amide bonds. The second-order valence-electron chi connectivity index (χ2n) is 3.63. The standard InChI is InChI=1S/C12H10N2O5/c1-19-8-4-2-7(3-5-8)14-10(16)6-9(15)11(13-14)12(17)18/h2-6,15H,1H3,(H,17,18). The van der Waals surface area contributed by atoms with Gasteiger partial charge in [0.25, 0.3) is 5.56 Å². The summed E-state index contributed by atoms with van der Waals surface area (Å²) in [6.07, 6.45) is 0. The Bertz CT molecular complexity index is 676. The van der Waals surface area contributed by atoms with E-state index in [0.29, 0.717) is 11.4 Å². The molecule has 0 radical (unpaired) electrons. The fourth-order valence-electron chi connectivity index (χ4n) is 1.51. The van der Waals surface area contributed by atoms with Gasteiger partial charge in [0.05, 0.1) is 12.8 Å². The van der Waals surface area contributed by atoms with Crippen molar-refractivity contribution in [1.29, 1.82) is 0 Å². The first-order chi connectivity index (χ1) is 9.02. The van der Waals surface area contributed by atoms with Crippen molar-refractivity contribution >= 4 is 5.97 Å².